The summed E-state index contributed by atoms with van der Waals surface area (Å²) in [6.45, 7) is 9.10. The minimum atomic E-state index is -0.439. The molecule has 0 saturated carbocycles. The molecule has 0 unspecified atom stereocenters. The quantitative estimate of drug-likeness (QED) is 0.592. The highest BCUT2D eigenvalue weighted by atomic mass is 35.5. The van der Waals surface area contributed by atoms with Gasteiger partial charge in [-0.2, -0.15) is 0 Å². The number of rotatable bonds is 8. The fourth-order valence-electron chi connectivity index (χ4n) is 1.76. The van der Waals surface area contributed by atoms with Gasteiger partial charge < -0.3 is 14.8 Å². The molecule has 1 heterocycles. The van der Waals surface area contributed by atoms with Gasteiger partial charge >= 0.3 is 0 Å². The van der Waals surface area contributed by atoms with Gasteiger partial charge in [0.05, 0.1) is 6.54 Å². The third kappa shape index (κ3) is 5.99. The Bertz CT molecular complexity index is 460. The summed E-state index contributed by atoms with van der Waals surface area (Å²) in [5.41, 5.74) is 1.28. The number of aromatic nitrogens is 1. The van der Waals surface area contributed by atoms with Gasteiger partial charge in [0, 0.05) is 24.5 Å². The maximum absolute atomic E-state index is 12.2. The van der Waals surface area contributed by atoms with Crippen LogP contribution >= 0.6 is 11.6 Å². The first-order valence-corrected chi connectivity index (χ1v) is 7.54. The van der Waals surface area contributed by atoms with Gasteiger partial charge in [-0.25, -0.2) is 4.98 Å². The second-order valence-electron chi connectivity index (χ2n) is 4.81. The third-order valence-electron chi connectivity index (χ3n) is 2.80. The molecule has 21 heavy (non-hydrogen) atoms. The van der Waals surface area contributed by atoms with E-state index >= 15 is 0 Å². The van der Waals surface area contributed by atoms with Crippen LogP contribution in [-0.4, -0.2) is 36.9 Å². The maximum atomic E-state index is 12.2. The Balaban J connectivity index is 2.70. The first-order valence-electron chi connectivity index (χ1n) is 7.16. The van der Waals surface area contributed by atoms with Crippen LogP contribution in [0.2, 0.25) is 5.15 Å². The molecule has 1 rings (SSSR count). The number of hydrogen-bond donors (Lipinski definition) is 1. The minimum Gasteiger partial charge on any atom is -0.351 e. The van der Waals surface area contributed by atoms with Gasteiger partial charge in [0.15, 0.2) is 6.29 Å². The predicted octanol–water partition coefficient (Wildman–Crippen LogP) is 2.99. The normalized spacial score (nSPS) is 11.2. The number of nitrogens with zero attached hydrogens (tertiary/aromatic N) is 1. The molecule has 1 amide bonds. The van der Waals surface area contributed by atoms with Gasteiger partial charge in [0.1, 0.15) is 5.15 Å². The summed E-state index contributed by atoms with van der Waals surface area (Å²) in [7, 11) is 0. The second kappa shape index (κ2) is 8.97. The monoisotopic (exact) mass is 314 g/mol. The van der Waals surface area contributed by atoms with Crippen LogP contribution < -0.4 is 5.32 Å². The van der Waals surface area contributed by atoms with E-state index in [0.29, 0.717) is 23.9 Å². The number of carbonyl (C=O) groups excluding carboxylic acids is 1. The van der Waals surface area contributed by atoms with E-state index < -0.39 is 6.29 Å². The van der Waals surface area contributed by atoms with E-state index in [0.717, 1.165) is 5.69 Å². The van der Waals surface area contributed by atoms with Crippen LogP contribution in [0.15, 0.2) is 12.1 Å². The van der Waals surface area contributed by atoms with Gasteiger partial charge in [-0.1, -0.05) is 25.4 Å². The lowest BCUT2D eigenvalue weighted by Crippen LogP contribution is -2.35. The van der Waals surface area contributed by atoms with Crippen molar-refractivity contribution in [3.05, 3.63) is 28.5 Å². The fraction of sp³-hybridized carbons (Fsp3) is 0.600. The number of pyridine rings is 1. The summed E-state index contributed by atoms with van der Waals surface area (Å²) in [5, 5.41) is 3.10. The van der Waals surface area contributed by atoms with Crippen molar-refractivity contribution in [1.82, 2.24) is 10.3 Å². The molecule has 0 aliphatic rings. The van der Waals surface area contributed by atoms with E-state index in [-0.39, 0.29) is 18.4 Å². The molecule has 0 aliphatic carbocycles. The molecule has 1 N–H and O–H groups in total. The van der Waals surface area contributed by atoms with Crippen molar-refractivity contribution in [2.75, 3.05) is 19.8 Å². The van der Waals surface area contributed by atoms with Gasteiger partial charge in [0.25, 0.3) is 5.91 Å². The van der Waals surface area contributed by atoms with Crippen molar-refractivity contribution < 1.29 is 14.3 Å². The molecule has 0 saturated heterocycles. The third-order valence-corrected chi connectivity index (χ3v) is 3.00. The Hall–Kier alpha value is -1.17. The summed E-state index contributed by atoms with van der Waals surface area (Å²) in [6.07, 6.45) is -0.439. The fourth-order valence-corrected chi connectivity index (χ4v) is 1.98. The largest absolute Gasteiger partial charge is 0.351 e. The molecule has 0 radical (unpaired) electrons. The standard InChI is InChI=1S/C15H23ClN2O3/c1-5-20-14(21-6-2)9-17-15(19)11-7-12(10(3)4)18-13(16)8-11/h7-8,10,14H,5-6,9H2,1-4H3,(H,17,19). The Morgan fingerprint density at radius 2 is 1.90 bits per heavy atom. The lowest BCUT2D eigenvalue weighted by molar-refractivity contribution is -0.131. The van der Waals surface area contributed by atoms with Crippen molar-refractivity contribution in [3.63, 3.8) is 0 Å². The Labute approximate surface area is 131 Å². The summed E-state index contributed by atoms with van der Waals surface area (Å²) < 4.78 is 10.8. The van der Waals surface area contributed by atoms with Gasteiger partial charge in [-0.15, -0.1) is 0 Å². The zero-order valence-corrected chi connectivity index (χ0v) is 13.7. The van der Waals surface area contributed by atoms with Crippen LogP contribution in [0.4, 0.5) is 0 Å². The molecule has 1 aromatic heterocycles. The van der Waals surface area contributed by atoms with Crippen LogP contribution in [0.1, 0.15) is 49.7 Å². The Kier molecular flexibility index (Phi) is 7.64. The molecular formula is C15H23ClN2O3. The predicted molar refractivity (Wildman–Crippen MR) is 82.7 cm³/mol. The number of halogens is 1. The Morgan fingerprint density at radius 1 is 1.29 bits per heavy atom. The van der Waals surface area contributed by atoms with Crippen molar-refractivity contribution in [2.45, 2.75) is 39.9 Å². The molecule has 6 heteroatoms. The first-order chi connectivity index (χ1) is 9.97. The summed E-state index contributed by atoms with van der Waals surface area (Å²) in [4.78, 5) is 16.4. The highest BCUT2D eigenvalue weighted by molar-refractivity contribution is 6.29. The maximum Gasteiger partial charge on any atom is 0.251 e. The van der Waals surface area contributed by atoms with E-state index in [1.165, 1.54) is 0 Å². The smallest absolute Gasteiger partial charge is 0.251 e. The minimum absolute atomic E-state index is 0.204. The van der Waals surface area contributed by atoms with E-state index in [4.69, 9.17) is 21.1 Å². The zero-order valence-electron chi connectivity index (χ0n) is 13.0. The Morgan fingerprint density at radius 3 is 2.43 bits per heavy atom. The molecule has 0 aliphatic heterocycles. The van der Waals surface area contributed by atoms with Crippen molar-refractivity contribution in [1.29, 1.82) is 0 Å². The number of ether oxygens (including phenoxy) is 2. The molecule has 1 aromatic rings. The van der Waals surface area contributed by atoms with Crippen LogP contribution in [0.3, 0.4) is 0 Å². The number of amides is 1. The summed E-state index contributed by atoms with van der Waals surface area (Å²) >= 11 is 5.96. The molecule has 0 bridgehead atoms. The molecule has 0 aromatic carbocycles. The van der Waals surface area contributed by atoms with E-state index in [2.05, 4.69) is 10.3 Å². The highest BCUT2D eigenvalue weighted by Gasteiger charge is 2.14. The van der Waals surface area contributed by atoms with Crippen LogP contribution in [0.25, 0.3) is 0 Å². The van der Waals surface area contributed by atoms with Gasteiger partial charge in [-0.3, -0.25) is 4.79 Å². The first kappa shape index (κ1) is 17.9. The lowest BCUT2D eigenvalue weighted by atomic mass is 10.1. The molecule has 0 atom stereocenters. The molecule has 0 fully saturated rings. The number of carbonyl (C=O) groups is 1. The number of hydrogen-bond acceptors (Lipinski definition) is 4. The highest BCUT2D eigenvalue weighted by Crippen LogP contribution is 2.17. The van der Waals surface area contributed by atoms with E-state index in [1.807, 2.05) is 27.7 Å². The van der Waals surface area contributed by atoms with Crippen LogP contribution in [0.5, 0.6) is 0 Å². The topological polar surface area (TPSA) is 60.5 Å². The summed E-state index contributed by atoms with van der Waals surface area (Å²) in [5.74, 6) is -0.0135. The lowest BCUT2D eigenvalue weighted by Gasteiger charge is -2.17. The van der Waals surface area contributed by atoms with Crippen molar-refractivity contribution in [3.8, 4) is 0 Å². The van der Waals surface area contributed by atoms with Crippen molar-refractivity contribution in [2.24, 2.45) is 0 Å². The second-order valence-corrected chi connectivity index (χ2v) is 5.20. The average Bonchev–Trinajstić information content (AvgIpc) is 2.44. The molecule has 5 nitrogen and oxygen atoms in total. The van der Waals surface area contributed by atoms with Gasteiger partial charge in [0.2, 0.25) is 0 Å². The zero-order chi connectivity index (χ0) is 15.8. The number of nitrogens with one attached hydrogen (secondary N) is 1. The van der Waals surface area contributed by atoms with Crippen LogP contribution in [-0.2, 0) is 9.47 Å². The molecular weight excluding hydrogens is 292 g/mol. The summed E-state index contributed by atoms with van der Waals surface area (Å²) in [6, 6.07) is 3.31. The van der Waals surface area contributed by atoms with E-state index in [9.17, 15) is 4.79 Å². The molecule has 0 spiro atoms. The van der Waals surface area contributed by atoms with Crippen molar-refractivity contribution >= 4 is 17.5 Å². The SMILES string of the molecule is CCOC(CNC(=O)c1cc(Cl)nc(C(C)C)c1)OCC. The van der Waals surface area contributed by atoms with E-state index in [1.54, 1.807) is 12.1 Å². The molecule has 118 valence electrons. The van der Waals surface area contributed by atoms with Gasteiger partial charge in [-0.05, 0) is 31.9 Å². The van der Waals surface area contributed by atoms with Crippen LogP contribution in [0, 0.1) is 0 Å². The average molecular weight is 315 g/mol.